The van der Waals surface area contributed by atoms with Crippen LogP contribution in [0.5, 0.6) is 0 Å². The number of fused-ring (bicyclic) bond motifs is 1. The molecule has 2 heterocycles. The maximum atomic E-state index is 13.3. The van der Waals surface area contributed by atoms with Crippen LogP contribution in [0.2, 0.25) is 0 Å². The van der Waals surface area contributed by atoms with Crippen molar-refractivity contribution < 1.29 is 50.6 Å². The molecular weight excluding hydrogens is 833 g/mol. The highest BCUT2D eigenvalue weighted by atomic mass is 32.2. The number of carbonyl (C=O) groups is 3. The van der Waals surface area contributed by atoms with Gasteiger partial charge in [-0.25, -0.2) is 31.8 Å². The standard InChI is InChI=1S/C35H42N10O11S3/c1-54-34(48)30(21-41-32(46)25-7-12-31-26(19-25)20-42-45(31)18-2-13-38-35-39-14-15-40-35)44-59(52,53)28-10-5-24(6-11-28)23-3-8-27(9-4-23)58(50,51)43-17-16-37-33(47)29(36)22-57-56-55-49/h3-12,14-15,19-20,29-30,43-44,49H,2,13,16-18,21-22,36H2,1H3,(H,37,47)(H,41,46)(H2,38,39,40)/t29-,30-/m0/s1. The second-order valence-electron chi connectivity index (χ2n) is 12.5. The molecule has 5 aromatic rings. The molecule has 0 aliphatic heterocycles. The molecule has 2 amide bonds. The SMILES string of the molecule is COC(=O)[C@H](CNC(=O)c1ccc2c(cnn2CCCNc2ncc[nH]2)c1)NS(=O)(=O)c1ccc(-c2ccc(S(=O)(=O)NCCNC(=O)[C@@H](N)CSOOO)cc2)cc1. The average molecular weight is 875 g/mol. The Morgan fingerprint density at radius 3 is 2.27 bits per heavy atom. The number of ether oxygens (including phenoxy) is 1. The normalized spacial score (nSPS) is 12.8. The molecule has 9 N–H and O–H groups in total. The highest BCUT2D eigenvalue weighted by Crippen LogP contribution is 2.23. The molecule has 0 radical (unpaired) electrons. The fraction of sp³-hybridized carbons (Fsp3) is 0.286. The van der Waals surface area contributed by atoms with Crippen LogP contribution >= 0.6 is 12.0 Å². The van der Waals surface area contributed by atoms with Crippen molar-refractivity contribution in [2.24, 2.45) is 5.73 Å². The number of aryl methyl sites for hydroxylation is 1. The number of rotatable bonds is 23. The molecule has 0 unspecified atom stereocenters. The molecular formula is C35H42N10O11S3. The van der Waals surface area contributed by atoms with E-state index in [1.54, 1.807) is 36.8 Å². The fourth-order valence-corrected chi connectivity index (χ4v) is 8.12. The van der Waals surface area contributed by atoms with E-state index in [2.05, 4.69) is 49.8 Å². The van der Waals surface area contributed by atoms with Gasteiger partial charge in [-0.2, -0.15) is 9.82 Å². The van der Waals surface area contributed by atoms with Gasteiger partial charge in [0, 0.05) is 73.9 Å². The summed E-state index contributed by atoms with van der Waals surface area (Å²) in [5.74, 6) is -1.38. The van der Waals surface area contributed by atoms with Gasteiger partial charge in [0.05, 0.1) is 34.7 Å². The van der Waals surface area contributed by atoms with E-state index in [1.807, 2.05) is 4.68 Å². The second kappa shape index (κ2) is 21.0. The van der Waals surface area contributed by atoms with Crippen molar-refractivity contribution in [1.29, 1.82) is 0 Å². The number of hydrogen-bond acceptors (Lipinski definition) is 16. The lowest BCUT2D eigenvalue weighted by atomic mass is 10.1. The zero-order chi connectivity index (χ0) is 42.4. The van der Waals surface area contributed by atoms with E-state index < -0.39 is 56.5 Å². The number of aromatic amines is 1. The number of imidazole rings is 1. The van der Waals surface area contributed by atoms with E-state index in [0.717, 1.165) is 24.4 Å². The van der Waals surface area contributed by atoms with E-state index >= 15 is 0 Å². The number of aromatic nitrogens is 4. The number of nitrogens with one attached hydrogen (secondary N) is 6. The number of nitrogens with zero attached hydrogens (tertiary/aromatic N) is 3. The minimum atomic E-state index is -4.29. The van der Waals surface area contributed by atoms with Crippen molar-refractivity contribution in [3.63, 3.8) is 0 Å². The van der Waals surface area contributed by atoms with Gasteiger partial charge in [-0.1, -0.05) is 29.3 Å². The smallest absolute Gasteiger partial charge is 0.325 e. The minimum Gasteiger partial charge on any atom is -0.468 e. The highest BCUT2D eigenvalue weighted by molar-refractivity contribution is 7.94. The third-order valence-corrected chi connectivity index (χ3v) is 12.1. The third kappa shape index (κ3) is 12.5. The molecule has 0 saturated carbocycles. The van der Waals surface area contributed by atoms with E-state index in [1.165, 1.54) is 48.5 Å². The van der Waals surface area contributed by atoms with Gasteiger partial charge in [-0.15, -0.1) is 4.33 Å². The largest absolute Gasteiger partial charge is 0.468 e. The van der Waals surface area contributed by atoms with Crippen LogP contribution in [-0.2, 0) is 50.3 Å². The minimum absolute atomic E-state index is 0.0284. The Bertz CT molecular complexity index is 2400. The average Bonchev–Trinajstić information content (AvgIpc) is 3.92. The molecule has 0 bridgehead atoms. The number of carbonyl (C=O) groups excluding carboxylic acids is 3. The van der Waals surface area contributed by atoms with Gasteiger partial charge in [0.2, 0.25) is 26.0 Å². The molecule has 2 atom stereocenters. The van der Waals surface area contributed by atoms with Crippen molar-refractivity contribution in [3.8, 4) is 11.1 Å². The zero-order valence-electron chi connectivity index (χ0n) is 31.4. The first-order valence-electron chi connectivity index (χ1n) is 17.7. The van der Waals surface area contributed by atoms with E-state index in [0.29, 0.717) is 42.2 Å². The number of esters is 1. The Hall–Kier alpha value is -5.44. The summed E-state index contributed by atoms with van der Waals surface area (Å²) in [6.07, 6.45) is 5.79. The van der Waals surface area contributed by atoms with Gasteiger partial charge in [0.15, 0.2) is 5.95 Å². The Morgan fingerprint density at radius 2 is 1.63 bits per heavy atom. The second-order valence-corrected chi connectivity index (χ2v) is 16.7. The van der Waals surface area contributed by atoms with Gasteiger partial charge in [-0.3, -0.25) is 19.1 Å². The van der Waals surface area contributed by atoms with Crippen molar-refractivity contribution in [3.05, 3.63) is 90.9 Å². The van der Waals surface area contributed by atoms with Gasteiger partial charge in [0.1, 0.15) is 6.04 Å². The maximum Gasteiger partial charge on any atom is 0.325 e. The van der Waals surface area contributed by atoms with Crippen LogP contribution in [0.15, 0.2) is 95.1 Å². The zero-order valence-corrected chi connectivity index (χ0v) is 33.8. The first-order chi connectivity index (χ1) is 28.3. The van der Waals surface area contributed by atoms with Crippen molar-refractivity contribution in [2.45, 2.75) is 34.8 Å². The predicted molar refractivity (Wildman–Crippen MR) is 215 cm³/mol. The molecule has 0 aliphatic carbocycles. The molecule has 59 heavy (non-hydrogen) atoms. The van der Waals surface area contributed by atoms with Crippen LogP contribution in [0.3, 0.4) is 0 Å². The van der Waals surface area contributed by atoms with Crippen molar-refractivity contribution in [2.75, 3.05) is 44.4 Å². The summed E-state index contributed by atoms with van der Waals surface area (Å²) in [4.78, 5) is 44.6. The Morgan fingerprint density at radius 1 is 0.932 bits per heavy atom. The van der Waals surface area contributed by atoms with E-state index in [4.69, 9.17) is 15.7 Å². The molecule has 24 heteroatoms. The molecule has 0 saturated heterocycles. The number of H-pyrrole nitrogens is 1. The lowest BCUT2D eigenvalue weighted by molar-refractivity contribution is -0.432. The quantitative estimate of drug-likeness (QED) is 0.0149. The van der Waals surface area contributed by atoms with Gasteiger partial charge >= 0.3 is 5.97 Å². The summed E-state index contributed by atoms with van der Waals surface area (Å²) in [7, 11) is -7.14. The number of sulfonamides is 2. The summed E-state index contributed by atoms with van der Waals surface area (Å²) in [6.45, 7) is 0.701. The fourth-order valence-electron chi connectivity index (χ4n) is 5.51. The maximum absolute atomic E-state index is 13.3. The molecule has 0 aliphatic rings. The summed E-state index contributed by atoms with van der Waals surface area (Å²) >= 11 is 0.609. The molecule has 0 fully saturated rings. The molecule has 2 aromatic heterocycles. The lowest BCUT2D eigenvalue weighted by Gasteiger charge is -2.17. The topological polar surface area (TPSA) is 300 Å². The van der Waals surface area contributed by atoms with Crippen LogP contribution in [0.4, 0.5) is 5.95 Å². The number of anilines is 1. The first-order valence-corrected chi connectivity index (χ1v) is 21.6. The number of nitrogens with two attached hydrogens (primary N) is 1. The van der Waals surface area contributed by atoms with Crippen molar-refractivity contribution >= 4 is 66.7 Å². The molecule has 3 aromatic carbocycles. The van der Waals surface area contributed by atoms with Crippen LogP contribution in [0.1, 0.15) is 16.8 Å². The summed E-state index contributed by atoms with van der Waals surface area (Å²) < 4.78 is 67.7. The number of methoxy groups -OCH3 is 1. The highest BCUT2D eigenvalue weighted by Gasteiger charge is 2.27. The van der Waals surface area contributed by atoms with E-state index in [-0.39, 0.29) is 34.2 Å². The Labute approximate surface area is 342 Å². The Kier molecular flexibility index (Phi) is 15.9. The van der Waals surface area contributed by atoms with Crippen molar-refractivity contribution in [1.82, 2.24) is 39.8 Å². The van der Waals surface area contributed by atoms with Gasteiger partial charge in [-0.05, 0) is 60.0 Å². The number of benzene rings is 3. The first kappa shape index (κ1) is 44.7. The van der Waals surface area contributed by atoms with Gasteiger partial charge in [0.25, 0.3) is 5.91 Å². The monoisotopic (exact) mass is 874 g/mol. The predicted octanol–water partition coefficient (Wildman–Crippen LogP) is 0.970. The molecule has 316 valence electrons. The molecule has 5 rings (SSSR count). The number of amides is 2. The van der Waals surface area contributed by atoms with Crippen LogP contribution in [0.25, 0.3) is 22.0 Å². The lowest BCUT2D eigenvalue weighted by Crippen LogP contribution is -2.48. The van der Waals surface area contributed by atoms with Crippen LogP contribution < -0.4 is 31.1 Å². The van der Waals surface area contributed by atoms with Crippen LogP contribution in [0, 0.1) is 0 Å². The Balaban J connectivity index is 1.12. The summed E-state index contributed by atoms with van der Waals surface area (Å²) in [5, 5.41) is 24.9. The third-order valence-electron chi connectivity index (χ3n) is 8.53. The molecule has 0 spiro atoms. The molecule has 21 nitrogen and oxygen atoms in total. The summed E-state index contributed by atoms with van der Waals surface area (Å²) in [6, 6.07) is 14.0. The van der Waals surface area contributed by atoms with Crippen LogP contribution in [-0.4, -0.2) is 111 Å². The van der Waals surface area contributed by atoms with E-state index in [9.17, 15) is 31.2 Å². The summed E-state index contributed by atoms with van der Waals surface area (Å²) in [5.41, 5.74) is 7.90. The van der Waals surface area contributed by atoms with Gasteiger partial charge < -0.3 is 31.4 Å². The number of hydrogen-bond donors (Lipinski definition) is 8.